The lowest BCUT2D eigenvalue weighted by Gasteiger charge is -2.05. The van der Waals surface area contributed by atoms with Gasteiger partial charge >= 0.3 is 0 Å². The number of hydrogen-bond donors (Lipinski definition) is 0. The van der Waals surface area contributed by atoms with Gasteiger partial charge in [0.2, 0.25) is 11.2 Å². The molecule has 0 aliphatic heterocycles. The van der Waals surface area contributed by atoms with Crippen LogP contribution in [0, 0.1) is 0 Å². The van der Waals surface area contributed by atoms with E-state index in [1.54, 1.807) is 0 Å². The second kappa shape index (κ2) is 5.95. The molecule has 0 spiro atoms. The van der Waals surface area contributed by atoms with Crippen LogP contribution in [0.4, 0.5) is 0 Å². The second-order valence-corrected chi connectivity index (χ2v) is 7.14. The highest BCUT2D eigenvalue weighted by molar-refractivity contribution is 9.11. The standard InChI is InChI=1S/C19H13Br2N2/c20-15-10-16(21)12-18(11-15)22-13-14-6-4-5-9-19(14)23(22)17-7-2-1-3-8-17/h1-13H/q+1. The van der Waals surface area contributed by atoms with Crippen molar-refractivity contribution >= 4 is 42.8 Å². The average molecular weight is 429 g/mol. The van der Waals surface area contributed by atoms with Gasteiger partial charge in [0.25, 0.3) is 0 Å². The van der Waals surface area contributed by atoms with Crippen molar-refractivity contribution in [1.82, 2.24) is 4.68 Å². The maximum absolute atomic E-state index is 3.58. The zero-order valence-corrected chi connectivity index (χ0v) is 15.3. The summed E-state index contributed by atoms with van der Waals surface area (Å²) in [4.78, 5) is 0. The Morgan fingerprint density at radius 1 is 0.739 bits per heavy atom. The molecule has 1 aromatic heterocycles. The highest BCUT2D eigenvalue weighted by atomic mass is 79.9. The normalized spacial score (nSPS) is 11.0. The van der Waals surface area contributed by atoms with Crippen molar-refractivity contribution in [2.24, 2.45) is 0 Å². The second-order valence-electron chi connectivity index (χ2n) is 5.31. The van der Waals surface area contributed by atoms with Gasteiger partial charge in [0.15, 0.2) is 0 Å². The van der Waals surface area contributed by atoms with Crippen LogP contribution >= 0.6 is 31.9 Å². The molecule has 0 unspecified atom stereocenters. The Labute approximate surface area is 151 Å². The number of fused-ring (bicyclic) bond motifs is 1. The first-order valence-electron chi connectivity index (χ1n) is 7.27. The van der Waals surface area contributed by atoms with Gasteiger partial charge in [0.1, 0.15) is 5.69 Å². The summed E-state index contributed by atoms with van der Waals surface area (Å²) >= 11 is 7.16. The van der Waals surface area contributed by atoms with E-state index in [2.05, 4.69) is 108 Å². The summed E-state index contributed by atoms with van der Waals surface area (Å²) < 4.78 is 6.48. The third-order valence-corrected chi connectivity index (χ3v) is 4.67. The van der Waals surface area contributed by atoms with Crippen LogP contribution in [0.25, 0.3) is 22.3 Å². The average Bonchev–Trinajstić information content (AvgIpc) is 2.94. The van der Waals surface area contributed by atoms with Crippen LogP contribution in [-0.4, -0.2) is 4.68 Å². The van der Waals surface area contributed by atoms with Crippen LogP contribution in [0.15, 0.2) is 87.9 Å². The molecule has 0 saturated carbocycles. The van der Waals surface area contributed by atoms with Crippen LogP contribution in [0.5, 0.6) is 0 Å². The summed E-state index contributed by atoms with van der Waals surface area (Å²) in [6.07, 6.45) is 2.16. The monoisotopic (exact) mass is 427 g/mol. The largest absolute Gasteiger partial charge is 0.245 e. The molecule has 3 aromatic carbocycles. The Morgan fingerprint density at radius 2 is 1.39 bits per heavy atom. The summed E-state index contributed by atoms with van der Waals surface area (Å²) in [6, 6.07) is 25.1. The Bertz CT molecular complexity index is 971. The van der Waals surface area contributed by atoms with E-state index in [0.29, 0.717) is 0 Å². The molecule has 0 aliphatic carbocycles. The van der Waals surface area contributed by atoms with Gasteiger partial charge in [0.05, 0.1) is 11.6 Å². The molecule has 2 nitrogen and oxygen atoms in total. The summed E-state index contributed by atoms with van der Waals surface area (Å²) in [6.45, 7) is 0. The lowest BCUT2D eigenvalue weighted by atomic mass is 10.2. The van der Waals surface area contributed by atoms with Crippen LogP contribution in [-0.2, 0) is 0 Å². The van der Waals surface area contributed by atoms with Gasteiger partial charge in [-0.25, -0.2) is 0 Å². The Kier molecular flexibility index (Phi) is 3.79. The predicted molar refractivity (Wildman–Crippen MR) is 100 cm³/mol. The lowest BCUT2D eigenvalue weighted by Crippen LogP contribution is -2.39. The van der Waals surface area contributed by atoms with E-state index < -0.39 is 0 Å². The van der Waals surface area contributed by atoms with Crippen molar-refractivity contribution in [3.8, 4) is 11.4 Å². The van der Waals surface area contributed by atoms with Crippen molar-refractivity contribution in [3.05, 3.63) is 87.9 Å². The fraction of sp³-hybridized carbons (Fsp3) is 0. The zero-order chi connectivity index (χ0) is 15.8. The summed E-state index contributed by atoms with van der Waals surface area (Å²) in [7, 11) is 0. The molecule has 0 radical (unpaired) electrons. The van der Waals surface area contributed by atoms with E-state index in [-0.39, 0.29) is 0 Å². The Balaban J connectivity index is 2.07. The Morgan fingerprint density at radius 3 is 2.13 bits per heavy atom. The minimum atomic E-state index is 1.04. The highest BCUT2D eigenvalue weighted by Crippen LogP contribution is 2.24. The predicted octanol–water partition coefficient (Wildman–Crippen LogP) is 5.43. The van der Waals surface area contributed by atoms with Crippen molar-refractivity contribution < 1.29 is 4.68 Å². The molecule has 23 heavy (non-hydrogen) atoms. The molecule has 0 aliphatic rings. The molecule has 1 heterocycles. The van der Waals surface area contributed by atoms with E-state index in [0.717, 1.165) is 20.3 Å². The number of para-hydroxylation sites is 2. The maximum Gasteiger partial charge on any atom is 0.245 e. The van der Waals surface area contributed by atoms with Crippen LogP contribution in [0.2, 0.25) is 0 Å². The lowest BCUT2D eigenvalue weighted by molar-refractivity contribution is -0.649. The minimum Gasteiger partial charge on any atom is -0.121 e. The van der Waals surface area contributed by atoms with Crippen molar-refractivity contribution in [2.75, 3.05) is 0 Å². The van der Waals surface area contributed by atoms with Crippen molar-refractivity contribution in [2.45, 2.75) is 0 Å². The van der Waals surface area contributed by atoms with Crippen molar-refractivity contribution in [1.29, 1.82) is 0 Å². The SMILES string of the molecule is Brc1cc(Br)cc(-n2cc3ccccc3[n+]2-c2ccccc2)c1. The minimum absolute atomic E-state index is 1.04. The van der Waals surface area contributed by atoms with Gasteiger partial charge < -0.3 is 0 Å². The zero-order valence-electron chi connectivity index (χ0n) is 12.2. The molecule has 0 amide bonds. The molecular formula is C19H13Br2N2+. The number of nitrogens with zero attached hydrogens (tertiary/aromatic N) is 2. The van der Waals surface area contributed by atoms with Gasteiger partial charge in [-0.15, -0.1) is 4.68 Å². The quantitative estimate of drug-likeness (QED) is 0.376. The van der Waals surface area contributed by atoms with Gasteiger partial charge in [-0.1, -0.05) is 66.9 Å². The number of rotatable bonds is 2. The van der Waals surface area contributed by atoms with E-state index in [9.17, 15) is 0 Å². The smallest absolute Gasteiger partial charge is 0.121 e. The summed E-state index contributed by atoms with van der Waals surface area (Å²) in [5.41, 5.74) is 3.39. The number of aromatic nitrogens is 2. The fourth-order valence-electron chi connectivity index (χ4n) is 2.79. The van der Waals surface area contributed by atoms with Crippen LogP contribution < -0.4 is 4.68 Å². The topological polar surface area (TPSA) is 8.81 Å². The van der Waals surface area contributed by atoms with E-state index in [4.69, 9.17) is 0 Å². The maximum atomic E-state index is 3.58. The van der Waals surface area contributed by atoms with Gasteiger partial charge in [0, 0.05) is 27.1 Å². The summed E-state index contributed by atoms with van der Waals surface area (Å²) in [5.74, 6) is 0. The number of benzene rings is 3. The highest BCUT2D eigenvalue weighted by Gasteiger charge is 2.21. The van der Waals surface area contributed by atoms with Gasteiger partial charge in [-0.05, 0) is 24.3 Å². The molecular weight excluding hydrogens is 416 g/mol. The van der Waals surface area contributed by atoms with Crippen LogP contribution in [0.3, 0.4) is 0 Å². The Hall–Kier alpha value is -1.91. The van der Waals surface area contributed by atoms with E-state index in [1.807, 2.05) is 12.1 Å². The van der Waals surface area contributed by atoms with E-state index in [1.165, 1.54) is 10.9 Å². The van der Waals surface area contributed by atoms with Crippen LogP contribution in [0.1, 0.15) is 0 Å². The molecule has 0 atom stereocenters. The summed E-state index contributed by atoms with van der Waals surface area (Å²) in [5, 5.41) is 1.20. The van der Waals surface area contributed by atoms with Crippen molar-refractivity contribution in [3.63, 3.8) is 0 Å². The number of halogens is 2. The molecule has 4 rings (SSSR count). The molecule has 112 valence electrons. The van der Waals surface area contributed by atoms with Gasteiger partial charge in [-0.3, -0.25) is 0 Å². The van der Waals surface area contributed by atoms with E-state index >= 15 is 0 Å². The molecule has 4 heteroatoms. The molecule has 0 N–H and O–H groups in total. The first-order valence-corrected chi connectivity index (χ1v) is 8.85. The third-order valence-electron chi connectivity index (χ3n) is 3.75. The third kappa shape index (κ3) is 2.73. The molecule has 0 saturated heterocycles. The molecule has 0 bridgehead atoms. The molecule has 0 fully saturated rings. The van der Waals surface area contributed by atoms with Gasteiger partial charge in [-0.2, -0.15) is 0 Å². The number of hydrogen-bond acceptors (Lipinski definition) is 0. The fourth-order valence-corrected chi connectivity index (χ4v) is 4.06. The first-order chi connectivity index (χ1) is 11.2. The first kappa shape index (κ1) is 14.7. The molecule has 4 aromatic rings.